The predicted molar refractivity (Wildman–Crippen MR) is 111 cm³/mol. The standard InChI is InChI=1S/C24H18ClNO3/c25-13-9-11-14(12-10-13)26-23(27)21-19-15-5-1-3-7-17(15)20(22(21)24(28)29)18-8-4-2-6-16(18)19/h1-12,19-22H,(H,26,27)(H,28,29)/t19?,20?,21-,22+/m0/s1. The van der Waals surface area contributed by atoms with Crippen LogP contribution in [-0.2, 0) is 9.59 Å². The van der Waals surface area contributed by atoms with E-state index in [0.29, 0.717) is 10.7 Å². The molecule has 2 bridgehead atoms. The summed E-state index contributed by atoms with van der Waals surface area (Å²) in [5.41, 5.74) is 4.72. The molecule has 5 heteroatoms. The van der Waals surface area contributed by atoms with Crippen LogP contribution in [0.15, 0.2) is 72.8 Å². The third kappa shape index (κ3) is 2.75. The van der Waals surface area contributed by atoms with Crippen molar-refractivity contribution in [3.8, 4) is 0 Å². The molecule has 0 saturated heterocycles. The van der Waals surface area contributed by atoms with E-state index in [4.69, 9.17) is 11.6 Å². The lowest BCUT2D eigenvalue weighted by Gasteiger charge is -2.48. The van der Waals surface area contributed by atoms with Gasteiger partial charge in [-0.15, -0.1) is 0 Å². The van der Waals surface area contributed by atoms with Gasteiger partial charge in [0.05, 0.1) is 11.8 Å². The predicted octanol–water partition coefficient (Wildman–Crippen LogP) is 4.89. The molecule has 3 aromatic rings. The van der Waals surface area contributed by atoms with Crippen molar-refractivity contribution in [3.63, 3.8) is 0 Å². The number of rotatable bonds is 3. The van der Waals surface area contributed by atoms with E-state index in [1.54, 1.807) is 24.3 Å². The van der Waals surface area contributed by atoms with E-state index in [0.717, 1.165) is 22.3 Å². The van der Waals surface area contributed by atoms with Crippen LogP contribution in [0.3, 0.4) is 0 Å². The van der Waals surface area contributed by atoms with Crippen LogP contribution in [0.1, 0.15) is 34.1 Å². The van der Waals surface area contributed by atoms with Crippen LogP contribution in [0.2, 0.25) is 5.02 Å². The van der Waals surface area contributed by atoms with Gasteiger partial charge in [-0.1, -0.05) is 60.1 Å². The summed E-state index contributed by atoms with van der Waals surface area (Å²) in [5, 5.41) is 13.6. The molecule has 0 aromatic heterocycles. The van der Waals surface area contributed by atoms with Gasteiger partial charge in [0, 0.05) is 22.5 Å². The van der Waals surface area contributed by atoms with Gasteiger partial charge in [0.2, 0.25) is 5.91 Å². The van der Waals surface area contributed by atoms with Gasteiger partial charge in [0.1, 0.15) is 0 Å². The first kappa shape index (κ1) is 18.0. The molecule has 0 saturated carbocycles. The summed E-state index contributed by atoms with van der Waals surface area (Å²) in [6, 6.07) is 22.6. The molecule has 0 spiro atoms. The van der Waals surface area contributed by atoms with E-state index < -0.39 is 17.8 Å². The number of hydrogen-bond acceptors (Lipinski definition) is 2. The van der Waals surface area contributed by atoms with Crippen LogP contribution in [0.25, 0.3) is 0 Å². The molecule has 29 heavy (non-hydrogen) atoms. The zero-order chi connectivity index (χ0) is 20.1. The van der Waals surface area contributed by atoms with Crippen molar-refractivity contribution in [1.29, 1.82) is 0 Å². The largest absolute Gasteiger partial charge is 0.481 e. The number of nitrogens with one attached hydrogen (secondary N) is 1. The van der Waals surface area contributed by atoms with E-state index in [9.17, 15) is 14.7 Å². The first-order valence-corrected chi connectivity index (χ1v) is 9.91. The lowest BCUT2D eigenvalue weighted by atomic mass is 9.54. The number of benzene rings is 3. The molecule has 0 radical (unpaired) electrons. The van der Waals surface area contributed by atoms with E-state index in [1.165, 1.54) is 0 Å². The van der Waals surface area contributed by atoms with Crippen LogP contribution >= 0.6 is 11.6 Å². The molecule has 3 aliphatic rings. The molecule has 4 nitrogen and oxygen atoms in total. The second-order valence-corrected chi connectivity index (χ2v) is 8.04. The summed E-state index contributed by atoms with van der Waals surface area (Å²) >= 11 is 5.94. The first-order chi connectivity index (χ1) is 14.1. The summed E-state index contributed by atoms with van der Waals surface area (Å²) in [6.45, 7) is 0. The Balaban J connectivity index is 1.64. The van der Waals surface area contributed by atoms with Gasteiger partial charge in [0.25, 0.3) is 0 Å². The number of hydrogen-bond donors (Lipinski definition) is 2. The molecule has 0 aliphatic heterocycles. The Labute approximate surface area is 173 Å². The number of anilines is 1. The minimum atomic E-state index is -0.944. The van der Waals surface area contributed by atoms with Crippen LogP contribution in [0, 0.1) is 11.8 Å². The highest BCUT2D eigenvalue weighted by molar-refractivity contribution is 6.30. The summed E-state index contributed by atoms with van der Waals surface area (Å²) < 4.78 is 0. The van der Waals surface area contributed by atoms with Gasteiger partial charge >= 0.3 is 5.97 Å². The average molecular weight is 404 g/mol. The van der Waals surface area contributed by atoms with Gasteiger partial charge in [-0.25, -0.2) is 0 Å². The fraction of sp³-hybridized carbons (Fsp3) is 0.167. The number of carbonyl (C=O) groups excluding carboxylic acids is 1. The normalized spacial score (nSPS) is 23.8. The smallest absolute Gasteiger partial charge is 0.308 e. The number of fused-ring (bicyclic) bond motifs is 1. The Morgan fingerprint density at radius 3 is 1.62 bits per heavy atom. The molecule has 0 fully saturated rings. The number of carbonyl (C=O) groups is 2. The fourth-order valence-electron chi connectivity index (χ4n) is 5.05. The highest BCUT2D eigenvalue weighted by Crippen LogP contribution is 2.58. The summed E-state index contributed by atoms with van der Waals surface area (Å²) in [7, 11) is 0. The molecule has 0 unspecified atom stereocenters. The maximum absolute atomic E-state index is 13.4. The van der Waals surface area contributed by atoms with Gasteiger partial charge in [-0.2, -0.15) is 0 Å². The molecule has 3 aliphatic carbocycles. The minimum Gasteiger partial charge on any atom is -0.481 e. The lowest BCUT2D eigenvalue weighted by Crippen LogP contribution is -2.48. The van der Waals surface area contributed by atoms with Gasteiger partial charge < -0.3 is 10.4 Å². The lowest BCUT2D eigenvalue weighted by molar-refractivity contribution is -0.148. The fourth-order valence-corrected chi connectivity index (χ4v) is 5.17. The van der Waals surface area contributed by atoms with Crippen molar-refractivity contribution in [3.05, 3.63) is 100 Å². The van der Waals surface area contributed by atoms with Crippen molar-refractivity contribution in [1.82, 2.24) is 0 Å². The zero-order valence-corrected chi connectivity index (χ0v) is 16.1. The Morgan fingerprint density at radius 2 is 1.17 bits per heavy atom. The Bertz CT molecular complexity index is 1080. The summed E-state index contributed by atoms with van der Waals surface area (Å²) in [5.74, 6) is -3.37. The molecule has 1 amide bonds. The molecule has 2 atom stereocenters. The molecular weight excluding hydrogens is 386 g/mol. The second kappa shape index (κ2) is 6.75. The van der Waals surface area contributed by atoms with E-state index in [-0.39, 0.29) is 17.7 Å². The quantitative estimate of drug-likeness (QED) is 0.654. The summed E-state index contributed by atoms with van der Waals surface area (Å²) in [6.07, 6.45) is 0. The molecule has 144 valence electrons. The first-order valence-electron chi connectivity index (χ1n) is 9.53. The van der Waals surface area contributed by atoms with Crippen LogP contribution in [0.4, 0.5) is 5.69 Å². The maximum atomic E-state index is 13.4. The van der Waals surface area contributed by atoms with Crippen molar-refractivity contribution < 1.29 is 14.7 Å². The molecular formula is C24H18ClNO3. The third-order valence-electron chi connectivity index (χ3n) is 6.14. The number of carboxylic acids is 1. The SMILES string of the molecule is O=C(O)[C@@H]1C2c3ccccc3C(c3ccccc32)[C@@H]1C(=O)Nc1ccc(Cl)cc1. The number of aliphatic carboxylic acids is 1. The average Bonchev–Trinajstić information content (AvgIpc) is 2.74. The van der Waals surface area contributed by atoms with Crippen molar-refractivity contribution >= 4 is 29.2 Å². The number of halogens is 1. The van der Waals surface area contributed by atoms with Crippen LogP contribution < -0.4 is 5.32 Å². The van der Waals surface area contributed by atoms with Gasteiger partial charge in [0.15, 0.2) is 0 Å². The number of carboxylic acid groups (broad SMARTS) is 1. The van der Waals surface area contributed by atoms with Crippen molar-refractivity contribution in [2.75, 3.05) is 5.32 Å². The van der Waals surface area contributed by atoms with Crippen molar-refractivity contribution in [2.24, 2.45) is 11.8 Å². The summed E-state index contributed by atoms with van der Waals surface area (Å²) in [4.78, 5) is 25.7. The van der Waals surface area contributed by atoms with Crippen LogP contribution in [-0.4, -0.2) is 17.0 Å². The topological polar surface area (TPSA) is 66.4 Å². The monoisotopic (exact) mass is 403 g/mol. The Hall–Kier alpha value is -3.11. The Morgan fingerprint density at radius 1 is 0.724 bits per heavy atom. The molecule has 3 aromatic carbocycles. The third-order valence-corrected chi connectivity index (χ3v) is 6.39. The van der Waals surface area contributed by atoms with Crippen molar-refractivity contribution in [2.45, 2.75) is 11.8 Å². The number of amides is 1. The molecule has 2 N–H and O–H groups in total. The zero-order valence-electron chi connectivity index (χ0n) is 15.4. The van der Waals surface area contributed by atoms with Crippen LogP contribution in [0.5, 0.6) is 0 Å². The van der Waals surface area contributed by atoms with Gasteiger partial charge in [-0.05, 0) is 46.5 Å². The molecule has 6 rings (SSSR count). The highest BCUT2D eigenvalue weighted by Gasteiger charge is 2.55. The van der Waals surface area contributed by atoms with E-state index in [2.05, 4.69) is 5.32 Å². The van der Waals surface area contributed by atoms with E-state index in [1.807, 2.05) is 48.5 Å². The molecule has 0 heterocycles. The second-order valence-electron chi connectivity index (χ2n) is 7.60. The minimum absolute atomic E-state index is 0.279. The Kier molecular flexibility index (Phi) is 4.18. The highest BCUT2D eigenvalue weighted by atomic mass is 35.5. The van der Waals surface area contributed by atoms with Gasteiger partial charge in [-0.3, -0.25) is 9.59 Å². The maximum Gasteiger partial charge on any atom is 0.308 e. The van der Waals surface area contributed by atoms with E-state index >= 15 is 0 Å².